The normalized spacial score (nSPS) is 15.0. The molecule has 1 aliphatic rings. The lowest BCUT2D eigenvalue weighted by Crippen LogP contribution is -2.47. The van der Waals surface area contributed by atoms with Gasteiger partial charge in [-0.15, -0.1) is 0 Å². The van der Waals surface area contributed by atoms with Gasteiger partial charge in [0, 0.05) is 45.4 Å². The summed E-state index contributed by atoms with van der Waals surface area (Å²) in [6.45, 7) is 3.46. The Balaban J connectivity index is 1.49. The molecular formula is C17H19N5O2S. The molecule has 25 heavy (non-hydrogen) atoms. The van der Waals surface area contributed by atoms with Gasteiger partial charge in [-0.25, -0.2) is 9.67 Å². The third kappa shape index (κ3) is 3.05. The van der Waals surface area contributed by atoms with Crippen molar-refractivity contribution in [1.82, 2.24) is 14.8 Å². The Morgan fingerprint density at radius 1 is 1.08 bits per heavy atom. The number of hydrogen-bond donors (Lipinski definition) is 0. The zero-order valence-electron chi connectivity index (χ0n) is 14.2. The fourth-order valence-electron chi connectivity index (χ4n) is 2.94. The highest BCUT2D eigenvalue weighted by Gasteiger charge is 2.21. The number of fused-ring (bicyclic) bond motifs is 1. The lowest BCUT2D eigenvalue weighted by Gasteiger charge is -2.35. The predicted molar refractivity (Wildman–Crippen MR) is 100 cm³/mol. The number of methoxy groups -OCH3 is 1. The average Bonchev–Trinajstić information content (AvgIpc) is 3.07. The second-order valence-corrected chi connectivity index (χ2v) is 6.97. The van der Waals surface area contributed by atoms with Crippen LogP contribution in [0.2, 0.25) is 0 Å². The Hall–Kier alpha value is -2.61. The minimum absolute atomic E-state index is 0.0905. The molecule has 0 unspecified atom stereocenters. The molecule has 1 saturated heterocycles. The van der Waals surface area contributed by atoms with E-state index in [0.717, 1.165) is 53.1 Å². The summed E-state index contributed by atoms with van der Waals surface area (Å²) in [4.78, 5) is 20.7. The highest BCUT2D eigenvalue weighted by Crippen LogP contribution is 2.31. The minimum Gasteiger partial charge on any atom is -0.497 e. The monoisotopic (exact) mass is 357 g/mol. The van der Waals surface area contributed by atoms with Gasteiger partial charge >= 0.3 is 0 Å². The quantitative estimate of drug-likeness (QED) is 0.711. The minimum atomic E-state index is -0.0905. The van der Waals surface area contributed by atoms with Crippen molar-refractivity contribution in [2.75, 3.05) is 43.1 Å². The molecule has 130 valence electrons. The van der Waals surface area contributed by atoms with Gasteiger partial charge in [0.05, 0.1) is 17.3 Å². The van der Waals surface area contributed by atoms with Crippen LogP contribution in [0, 0.1) is 0 Å². The Morgan fingerprint density at radius 3 is 2.56 bits per heavy atom. The smallest absolute Gasteiger partial charge is 0.266 e. The summed E-state index contributed by atoms with van der Waals surface area (Å²) in [5, 5.41) is 5.37. The molecule has 0 amide bonds. The Bertz CT molecular complexity index is 959. The van der Waals surface area contributed by atoms with Crippen LogP contribution in [0.3, 0.4) is 0 Å². The van der Waals surface area contributed by atoms with Crippen molar-refractivity contribution < 1.29 is 4.74 Å². The van der Waals surface area contributed by atoms with E-state index < -0.39 is 0 Å². The van der Waals surface area contributed by atoms with E-state index in [9.17, 15) is 4.79 Å². The summed E-state index contributed by atoms with van der Waals surface area (Å²) < 4.78 is 7.81. The molecule has 0 spiro atoms. The van der Waals surface area contributed by atoms with E-state index in [1.165, 1.54) is 4.68 Å². The van der Waals surface area contributed by atoms with Gasteiger partial charge in [-0.1, -0.05) is 11.3 Å². The number of rotatable bonds is 3. The molecule has 7 nitrogen and oxygen atoms in total. The van der Waals surface area contributed by atoms with Gasteiger partial charge in [0.1, 0.15) is 11.6 Å². The van der Waals surface area contributed by atoms with E-state index in [0.29, 0.717) is 0 Å². The van der Waals surface area contributed by atoms with Gasteiger partial charge in [0.15, 0.2) is 5.13 Å². The van der Waals surface area contributed by atoms with E-state index in [-0.39, 0.29) is 5.56 Å². The summed E-state index contributed by atoms with van der Waals surface area (Å²) in [5.74, 6) is 1.67. The molecule has 1 aliphatic heterocycles. The largest absolute Gasteiger partial charge is 0.497 e. The third-order valence-electron chi connectivity index (χ3n) is 4.40. The molecule has 0 atom stereocenters. The van der Waals surface area contributed by atoms with Crippen LogP contribution in [0.1, 0.15) is 0 Å². The number of ether oxygens (including phenoxy) is 1. The van der Waals surface area contributed by atoms with E-state index in [4.69, 9.17) is 9.72 Å². The Morgan fingerprint density at radius 2 is 1.84 bits per heavy atom. The van der Waals surface area contributed by atoms with Crippen molar-refractivity contribution in [3.05, 3.63) is 40.7 Å². The second kappa shape index (κ2) is 6.36. The van der Waals surface area contributed by atoms with Crippen LogP contribution in [0.15, 0.2) is 35.1 Å². The molecule has 0 radical (unpaired) electrons. The first kappa shape index (κ1) is 15.9. The fourth-order valence-corrected chi connectivity index (χ4v) is 3.94. The number of aryl methyl sites for hydroxylation is 1. The number of anilines is 2. The highest BCUT2D eigenvalue weighted by atomic mass is 32.1. The van der Waals surface area contributed by atoms with Crippen LogP contribution in [0.25, 0.3) is 10.2 Å². The predicted octanol–water partition coefficient (Wildman–Crippen LogP) is 1.73. The molecule has 0 aliphatic carbocycles. The lowest BCUT2D eigenvalue weighted by molar-refractivity contribution is 0.415. The van der Waals surface area contributed by atoms with Crippen LogP contribution in [0.5, 0.6) is 5.75 Å². The zero-order valence-corrected chi connectivity index (χ0v) is 15.0. The van der Waals surface area contributed by atoms with Crippen LogP contribution < -0.4 is 20.1 Å². The van der Waals surface area contributed by atoms with Gasteiger partial charge in [-0.3, -0.25) is 4.79 Å². The first-order chi connectivity index (χ1) is 12.1. The SMILES string of the molecule is COc1ccc2sc(N3CCN(c4ccc(=O)n(C)n4)CC3)nc2c1. The van der Waals surface area contributed by atoms with Crippen LogP contribution in [-0.4, -0.2) is 48.1 Å². The van der Waals surface area contributed by atoms with Gasteiger partial charge in [0.2, 0.25) is 0 Å². The number of nitrogens with zero attached hydrogens (tertiary/aromatic N) is 5. The number of piperazine rings is 1. The van der Waals surface area contributed by atoms with Crippen molar-refractivity contribution in [2.24, 2.45) is 7.05 Å². The first-order valence-electron chi connectivity index (χ1n) is 8.13. The number of thiazole rings is 1. The van der Waals surface area contributed by atoms with Crippen LogP contribution in [0.4, 0.5) is 10.9 Å². The van der Waals surface area contributed by atoms with E-state index in [2.05, 4.69) is 21.0 Å². The summed E-state index contributed by atoms with van der Waals surface area (Å²) in [5.41, 5.74) is 0.883. The average molecular weight is 357 g/mol. The number of hydrogen-bond acceptors (Lipinski definition) is 7. The zero-order chi connectivity index (χ0) is 17.4. The molecular weight excluding hydrogens is 338 g/mol. The van der Waals surface area contributed by atoms with Gasteiger partial charge in [-0.2, -0.15) is 5.10 Å². The maximum absolute atomic E-state index is 11.5. The van der Waals surface area contributed by atoms with Gasteiger partial charge in [0.25, 0.3) is 5.56 Å². The summed E-state index contributed by atoms with van der Waals surface area (Å²) in [7, 11) is 3.35. The summed E-state index contributed by atoms with van der Waals surface area (Å²) >= 11 is 1.70. The third-order valence-corrected chi connectivity index (χ3v) is 5.50. The Kier molecular flexibility index (Phi) is 4.04. The molecule has 0 saturated carbocycles. The van der Waals surface area contributed by atoms with Gasteiger partial charge in [-0.05, 0) is 18.2 Å². The Labute approximate surface area is 149 Å². The van der Waals surface area contributed by atoms with Crippen molar-refractivity contribution in [3.8, 4) is 5.75 Å². The molecule has 1 aromatic carbocycles. The van der Waals surface area contributed by atoms with Crippen molar-refractivity contribution in [1.29, 1.82) is 0 Å². The van der Waals surface area contributed by atoms with Crippen LogP contribution >= 0.6 is 11.3 Å². The van der Waals surface area contributed by atoms with Crippen molar-refractivity contribution in [3.63, 3.8) is 0 Å². The summed E-state index contributed by atoms with van der Waals surface area (Å²) in [6, 6.07) is 9.35. The maximum Gasteiger partial charge on any atom is 0.266 e. The highest BCUT2D eigenvalue weighted by molar-refractivity contribution is 7.22. The fraction of sp³-hybridized carbons (Fsp3) is 0.353. The second-order valence-electron chi connectivity index (χ2n) is 5.96. The maximum atomic E-state index is 11.5. The van der Waals surface area contributed by atoms with Gasteiger partial charge < -0.3 is 14.5 Å². The standard InChI is InChI=1S/C17H19N5O2S/c1-20-16(23)6-5-15(19-20)21-7-9-22(10-8-21)17-18-13-11-12(24-2)3-4-14(13)25-17/h3-6,11H,7-10H2,1-2H3. The van der Waals surface area contributed by atoms with Crippen LogP contribution in [-0.2, 0) is 7.05 Å². The topological polar surface area (TPSA) is 63.5 Å². The number of benzene rings is 1. The molecule has 3 heterocycles. The van der Waals surface area contributed by atoms with E-state index >= 15 is 0 Å². The molecule has 1 fully saturated rings. The molecule has 4 rings (SSSR count). The summed E-state index contributed by atoms with van der Waals surface area (Å²) in [6.07, 6.45) is 0. The molecule has 3 aromatic rings. The number of aromatic nitrogens is 3. The molecule has 2 aromatic heterocycles. The molecule has 8 heteroatoms. The van der Waals surface area contributed by atoms with Crippen molar-refractivity contribution >= 4 is 32.5 Å². The van der Waals surface area contributed by atoms with E-state index in [1.54, 1.807) is 37.6 Å². The van der Waals surface area contributed by atoms with Crippen molar-refractivity contribution in [2.45, 2.75) is 0 Å². The molecule has 0 N–H and O–H groups in total. The lowest BCUT2D eigenvalue weighted by atomic mass is 10.3. The van der Waals surface area contributed by atoms with E-state index in [1.807, 2.05) is 12.1 Å². The first-order valence-corrected chi connectivity index (χ1v) is 8.94. The molecule has 0 bridgehead atoms.